The van der Waals surface area contributed by atoms with E-state index in [9.17, 15) is 39.9 Å². The van der Waals surface area contributed by atoms with E-state index in [1.54, 1.807) is 0 Å². The summed E-state index contributed by atoms with van der Waals surface area (Å²) in [6.45, 7) is 0. The molecule has 0 unspecified atom stereocenters. The van der Waals surface area contributed by atoms with Gasteiger partial charge in [0.25, 0.3) is 0 Å². The summed E-state index contributed by atoms with van der Waals surface area (Å²) in [6, 6.07) is 1.02. The highest BCUT2D eigenvalue weighted by atomic mass is 19.4. The van der Waals surface area contributed by atoms with Gasteiger partial charge in [-0.15, -0.1) is 0 Å². The van der Waals surface area contributed by atoms with Gasteiger partial charge in [-0.05, 0) is 30.3 Å². The molecule has 25 heavy (non-hydrogen) atoms. The van der Waals surface area contributed by atoms with Gasteiger partial charge in [-0.3, -0.25) is 4.79 Å². The summed E-state index contributed by atoms with van der Waals surface area (Å²) in [5, 5.41) is 0. The minimum absolute atomic E-state index is 0.0901. The normalized spacial score (nSPS) is 12.3. The third-order valence-electron chi connectivity index (χ3n) is 3.14. The van der Waals surface area contributed by atoms with E-state index in [0.717, 1.165) is 0 Å². The first-order valence-corrected chi connectivity index (χ1v) is 6.39. The zero-order valence-electron chi connectivity index (χ0n) is 11.9. The molecule has 0 fully saturated rings. The molecule has 0 saturated carbocycles. The van der Waals surface area contributed by atoms with Crippen molar-refractivity contribution in [2.75, 3.05) is 5.73 Å². The van der Waals surface area contributed by atoms with Crippen molar-refractivity contribution in [3.05, 3.63) is 64.2 Å². The molecule has 0 aliphatic carbocycles. The second kappa shape index (κ2) is 6.01. The Labute approximate surface area is 134 Å². The van der Waals surface area contributed by atoms with Crippen molar-refractivity contribution < 1.29 is 39.9 Å². The second-order valence-corrected chi connectivity index (χ2v) is 4.98. The molecular weight excluding hydrogens is 362 g/mol. The number of halogens is 8. The topological polar surface area (TPSA) is 43.1 Å². The number of hydrogen-bond acceptors (Lipinski definition) is 2. The number of carbonyl (C=O) groups excluding carboxylic acids is 1. The van der Waals surface area contributed by atoms with Gasteiger partial charge in [0.15, 0.2) is 5.78 Å². The van der Waals surface area contributed by atoms with E-state index in [1.165, 1.54) is 0 Å². The first kappa shape index (κ1) is 18.7. The van der Waals surface area contributed by atoms with E-state index < -0.39 is 57.7 Å². The van der Waals surface area contributed by atoms with Crippen LogP contribution in [-0.4, -0.2) is 5.78 Å². The maximum absolute atomic E-state index is 13.7. The third-order valence-corrected chi connectivity index (χ3v) is 3.14. The quantitative estimate of drug-likeness (QED) is 0.469. The fraction of sp³-hybridized carbons (Fsp3) is 0.133. The first-order valence-electron chi connectivity index (χ1n) is 6.39. The third kappa shape index (κ3) is 3.89. The molecule has 0 heterocycles. The molecule has 2 aromatic rings. The number of carbonyl (C=O) groups is 1. The molecule has 2 N–H and O–H groups in total. The lowest BCUT2D eigenvalue weighted by molar-refractivity contribution is -0.143. The van der Waals surface area contributed by atoms with Crippen molar-refractivity contribution in [1.82, 2.24) is 0 Å². The number of nitrogen functional groups attached to an aromatic ring is 1. The van der Waals surface area contributed by atoms with E-state index in [4.69, 9.17) is 5.73 Å². The lowest BCUT2D eigenvalue weighted by atomic mass is 9.97. The van der Waals surface area contributed by atoms with Crippen molar-refractivity contribution in [1.29, 1.82) is 0 Å². The number of hydrogen-bond donors (Lipinski definition) is 1. The average molecular weight is 369 g/mol. The predicted octanol–water partition coefficient (Wildman–Crippen LogP) is 4.82. The maximum Gasteiger partial charge on any atom is 0.416 e. The number of anilines is 1. The Morgan fingerprint density at radius 2 is 1.16 bits per heavy atom. The van der Waals surface area contributed by atoms with Gasteiger partial charge in [-0.25, -0.2) is 8.78 Å². The van der Waals surface area contributed by atoms with Gasteiger partial charge in [-0.2, -0.15) is 26.3 Å². The smallest absolute Gasteiger partial charge is 0.399 e. The van der Waals surface area contributed by atoms with Crippen LogP contribution in [0.5, 0.6) is 0 Å². The van der Waals surface area contributed by atoms with Crippen LogP contribution in [0, 0.1) is 11.6 Å². The van der Waals surface area contributed by atoms with Crippen LogP contribution in [-0.2, 0) is 12.4 Å². The van der Waals surface area contributed by atoms with Gasteiger partial charge in [0.2, 0.25) is 0 Å². The van der Waals surface area contributed by atoms with Crippen LogP contribution < -0.4 is 5.73 Å². The van der Waals surface area contributed by atoms with Gasteiger partial charge in [0.05, 0.1) is 16.7 Å². The summed E-state index contributed by atoms with van der Waals surface area (Å²) < 4.78 is 104. The van der Waals surface area contributed by atoms with E-state index in [1.807, 2.05) is 0 Å². The van der Waals surface area contributed by atoms with Crippen LogP contribution in [0.4, 0.5) is 40.8 Å². The van der Waals surface area contributed by atoms with Crippen molar-refractivity contribution in [3.63, 3.8) is 0 Å². The Hall–Kier alpha value is -2.65. The molecule has 0 aliphatic heterocycles. The standard InChI is InChI=1S/C15H7F8NO/c16-10-4-9(24)5-11(17)12(10)13(25)6-1-7(14(18,19)20)3-8(2-6)15(21,22)23/h1-5H,24H2. The van der Waals surface area contributed by atoms with Crippen LogP contribution in [0.15, 0.2) is 30.3 Å². The highest BCUT2D eigenvalue weighted by Crippen LogP contribution is 2.37. The Balaban J connectivity index is 2.68. The van der Waals surface area contributed by atoms with E-state index >= 15 is 0 Å². The van der Waals surface area contributed by atoms with Gasteiger partial charge in [0, 0.05) is 11.3 Å². The fourth-order valence-electron chi connectivity index (χ4n) is 2.04. The molecular formula is C15H7F8NO. The van der Waals surface area contributed by atoms with Crippen molar-refractivity contribution >= 4 is 11.5 Å². The minimum atomic E-state index is -5.20. The summed E-state index contributed by atoms with van der Waals surface area (Å²) in [7, 11) is 0. The lowest BCUT2D eigenvalue weighted by Crippen LogP contribution is -2.15. The minimum Gasteiger partial charge on any atom is -0.399 e. The molecule has 0 aliphatic rings. The molecule has 0 bridgehead atoms. The molecule has 0 amide bonds. The van der Waals surface area contributed by atoms with Crippen LogP contribution in [0.2, 0.25) is 0 Å². The Kier molecular flexibility index (Phi) is 4.49. The molecule has 0 radical (unpaired) electrons. The van der Waals surface area contributed by atoms with Gasteiger partial charge in [0.1, 0.15) is 11.6 Å². The molecule has 10 heteroatoms. The summed E-state index contributed by atoms with van der Waals surface area (Å²) in [4.78, 5) is 12.1. The van der Waals surface area contributed by atoms with Gasteiger partial charge >= 0.3 is 12.4 Å². The summed E-state index contributed by atoms with van der Waals surface area (Å²) >= 11 is 0. The molecule has 2 aromatic carbocycles. The van der Waals surface area contributed by atoms with Crippen molar-refractivity contribution in [3.8, 4) is 0 Å². The summed E-state index contributed by atoms with van der Waals surface area (Å²) in [5.41, 5.74) is -1.29. The zero-order valence-corrected chi connectivity index (χ0v) is 11.9. The Bertz CT molecular complexity index is 783. The summed E-state index contributed by atoms with van der Waals surface area (Å²) in [5.74, 6) is -4.69. The monoisotopic (exact) mass is 369 g/mol. The molecule has 134 valence electrons. The molecule has 0 aromatic heterocycles. The average Bonchev–Trinajstić information content (AvgIpc) is 2.43. The largest absolute Gasteiger partial charge is 0.416 e. The van der Waals surface area contributed by atoms with Gasteiger partial charge in [-0.1, -0.05) is 0 Å². The van der Waals surface area contributed by atoms with Crippen LogP contribution >= 0.6 is 0 Å². The summed E-state index contributed by atoms with van der Waals surface area (Å²) in [6.07, 6.45) is -10.4. The zero-order chi connectivity index (χ0) is 19.2. The first-order chi connectivity index (χ1) is 11.3. The number of benzene rings is 2. The SMILES string of the molecule is Nc1cc(F)c(C(=O)c2cc(C(F)(F)F)cc(C(F)(F)F)c2)c(F)c1. The van der Waals surface area contributed by atoms with E-state index in [-0.39, 0.29) is 18.2 Å². The van der Waals surface area contributed by atoms with Crippen LogP contribution in [0.25, 0.3) is 0 Å². The van der Waals surface area contributed by atoms with E-state index in [2.05, 4.69) is 0 Å². The second-order valence-electron chi connectivity index (χ2n) is 4.98. The molecule has 0 spiro atoms. The van der Waals surface area contributed by atoms with Crippen molar-refractivity contribution in [2.24, 2.45) is 0 Å². The lowest BCUT2D eigenvalue weighted by Gasteiger charge is -2.14. The predicted molar refractivity (Wildman–Crippen MR) is 70.6 cm³/mol. The molecule has 2 rings (SSSR count). The van der Waals surface area contributed by atoms with Crippen molar-refractivity contribution in [2.45, 2.75) is 12.4 Å². The van der Waals surface area contributed by atoms with E-state index in [0.29, 0.717) is 12.1 Å². The Morgan fingerprint density at radius 1 is 0.760 bits per heavy atom. The number of ketones is 1. The molecule has 2 nitrogen and oxygen atoms in total. The Morgan fingerprint density at radius 3 is 1.52 bits per heavy atom. The molecule has 0 saturated heterocycles. The maximum atomic E-state index is 13.7. The van der Waals surface area contributed by atoms with Gasteiger partial charge < -0.3 is 5.73 Å². The number of alkyl halides is 6. The highest BCUT2D eigenvalue weighted by molar-refractivity contribution is 6.09. The highest BCUT2D eigenvalue weighted by Gasteiger charge is 2.38. The fourth-order valence-corrected chi connectivity index (χ4v) is 2.04. The molecule has 0 atom stereocenters. The van der Waals surface area contributed by atoms with Crippen LogP contribution in [0.1, 0.15) is 27.0 Å². The number of rotatable bonds is 2. The van der Waals surface area contributed by atoms with Crippen LogP contribution in [0.3, 0.4) is 0 Å². The number of nitrogens with two attached hydrogens (primary N) is 1.